The molecule has 0 spiro atoms. The number of nitriles is 3. The summed E-state index contributed by atoms with van der Waals surface area (Å²) in [5.74, 6) is 0. The maximum atomic E-state index is 10.5. The van der Waals surface area contributed by atoms with Gasteiger partial charge in [0.2, 0.25) is 0 Å². The first-order chi connectivity index (χ1) is 24.7. The van der Waals surface area contributed by atoms with Crippen LogP contribution in [-0.4, -0.2) is 9.13 Å². The van der Waals surface area contributed by atoms with Gasteiger partial charge in [0.25, 0.3) is 0 Å². The second-order valence-corrected chi connectivity index (χ2v) is 12.3. The standard InChI is InChI=1S/C45H25N5/c46-26-29-19-22-43-39(23-29)37-14-3-6-17-42(37)50(43)44-18-8-10-33(28-48)45(44)38-25-31(20-21-32(38)27-47)30-9-7-11-34(24-30)49-40-15-4-1-12-35(40)36-13-2-5-16-41(36)49/h1-25H. The summed E-state index contributed by atoms with van der Waals surface area (Å²) < 4.78 is 4.43. The number of hydrogen-bond donors (Lipinski definition) is 0. The lowest BCUT2D eigenvalue weighted by atomic mass is 9.91. The predicted octanol–water partition coefficient (Wildman–Crippen LogP) is 10.8. The molecule has 0 amide bonds. The fourth-order valence-corrected chi connectivity index (χ4v) is 7.46. The van der Waals surface area contributed by atoms with E-state index < -0.39 is 0 Å². The molecule has 0 saturated carbocycles. The molecule has 0 fully saturated rings. The average molecular weight is 636 g/mol. The van der Waals surface area contributed by atoms with E-state index in [1.807, 2.05) is 66.7 Å². The fourth-order valence-electron chi connectivity index (χ4n) is 7.46. The minimum atomic E-state index is 0.467. The van der Waals surface area contributed by atoms with Crippen molar-refractivity contribution in [3.8, 4) is 51.8 Å². The first-order valence-corrected chi connectivity index (χ1v) is 16.3. The summed E-state index contributed by atoms with van der Waals surface area (Å²) in [5, 5.41) is 34.9. The highest BCUT2D eigenvalue weighted by Gasteiger charge is 2.21. The van der Waals surface area contributed by atoms with Crippen LogP contribution in [0.4, 0.5) is 0 Å². The molecule has 0 saturated heterocycles. The zero-order valence-electron chi connectivity index (χ0n) is 26.7. The lowest BCUT2D eigenvalue weighted by molar-refractivity contribution is 1.18. The van der Waals surface area contributed by atoms with E-state index >= 15 is 0 Å². The number of hydrogen-bond acceptors (Lipinski definition) is 3. The summed E-state index contributed by atoms with van der Waals surface area (Å²) >= 11 is 0. The van der Waals surface area contributed by atoms with Crippen LogP contribution in [0.2, 0.25) is 0 Å². The van der Waals surface area contributed by atoms with E-state index in [0.717, 1.165) is 55.3 Å². The van der Waals surface area contributed by atoms with E-state index in [2.05, 4.69) is 106 Å². The molecule has 9 rings (SSSR count). The Hall–Kier alpha value is -7.39. The number of nitrogens with zero attached hydrogens (tertiary/aromatic N) is 5. The number of aromatic nitrogens is 2. The highest BCUT2D eigenvalue weighted by Crippen LogP contribution is 2.41. The Bertz CT molecular complexity index is 2920. The Morgan fingerprint density at radius 2 is 1.00 bits per heavy atom. The molecule has 0 atom stereocenters. The van der Waals surface area contributed by atoms with Gasteiger partial charge in [-0.25, -0.2) is 0 Å². The average Bonchev–Trinajstić information content (AvgIpc) is 3.70. The molecule has 50 heavy (non-hydrogen) atoms. The summed E-state index contributed by atoms with van der Waals surface area (Å²) in [6, 6.07) is 57.7. The molecule has 0 aliphatic heterocycles. The van der Waals surface area contributed by atoms with E-state index in [1.54, 1.807) is 6.07 Å². The molecule has 2 heterocycles. The van der Waals surface area contributed by atoms with Gasteiger partial charge < -0.3 is 9.13 Å². The van der Waals surface area contributed by atoms with Gasteiger partial charge in [-0.1, -0.05) is 78.9 Å². The minimum absolute atomic E-state index is 0.467. The van der Waals surface area contributed by atoms with Crippen LogP contribution in [-0.2, 0) is 0 Å². The topological polar surface area (TPSA) is 81.2 Å². The molecule has 0 aliphatic rings. The largest absolute Gasteiger partial charge is 0.309 e. The quantitative estimate of drug-likeness (QED) is 0.193. The number of fused-ring (bicyclic) bond motifs is 6. The summed E-state index contributed by atoms with van der Waals surface area (Å²) in [7, 11) is 0. The van der Waals surface area contributed by atoms with Gasteiger partial charge in [0, 0.05) is 38.4 Å². The molecule has 5 heteroatoms. The summed E-state index contributed by atoms with van der Waals surface area (Å²) in [4.78, 5) is 0. The van der Waals surface area contributed by atoms with Gasteiger partial charge in [-0.2, -0.15) is 15.8 Å². The molecule has 0 aliphatic carbocycles. The lowest BCUT2D eigenvalue weighted by Gasteiger charge is -2.17. The first kappa shape index (κ1) is 28.8. The van der Waals surface area contributed by atoms with Crippen LogP contribution in [0.1, 0.15) is 16.7 Å². The normalized spacial score (nSPS) is 11.1. The van der Waals surface area contributed by atoms with Crippen molar-refractivity contribution in [2.75, 3.05) is 0 Å². The van der Waals surface area contributed by atoms with Crippen molar-refractivity contribution in [3.05, 3.63) is 168 Å². The zero-order chi connectivity index (χ0) is 33.8. The van der Waals surface area contributed by atoms with Gasteiger partial charge in [-0.15, -0.1) is 0 Å². The van der Waals surface area contributed by atoms with E-state index in [0.29, 0.717) is 27.8 Å². The highest BCUT2D eigenvalue weighted by atomic mass is 15.0. The number of benzene rings is 7. The van der Waals surface area contributed by atoms with Crippen molar-refractivity contribution in [2.24, 2.45) is 0 Å². The Morgan fingerprint density at radius 3 is 1.68 bits per heavy atom. The van der Waals surface area contributed by atoms with E-state index in [4.69, 9.17) is 0 Å². The van der Waals surface area contributed by atoms with Crippen LogP contribution in [0, 0.1) is 34.0 Å². The predicted molar refractivity (Wildman–Crippen MR) is 200 cm³/mol. The molecule has 0 bridgehead atoms. The van der Waals surface area contributed by atoms with Crippen LogP contribution in [0.5, 0.6) is 0 Å². The van der Waals surface area contributed by atoms with Gasteiger partial charge in [0.15, 0.2) is 0 Å². The van der Waals surface area contributed by atoms with E-state index in [9.17, 15) is 15.8 Å². The lowest BCUT2D eigenvalue weighted by Crippen LogP contribution is -2.01. The Kier molecular flexibility index (Phi) is 6.56. The highest BCUT2D eigenvalue weighted by molar-refractivity contribution is 6.11. The second kappa shape index (κ2) is 11.4. The van der Waals surface area contributed by atoms with Gasteiger partial charge in [-0.05, 0) is 83.9 Å². The third kappa shape index (κ3) is 4.31. The van der Waals surface area contributed by atoms with Crippen LogP contribution in [0.15, 0.2) is 152 Å². The molecule has 2 aromatic heterocycles. The molecular formula is C45H25N5. The molecule has 0 unspecified atom stereocenters. The number of para-hydroxylation sites is 3. The van der Waals surface area contributed by atoms with Gasteiger partial charge in [0.1, 0.15) is 0 Å². The molecular weight excluding hydrogens is 611 g/mol. The zero-order valence-corrected chi connectivity index (χ0v) is 26.7. The molecule has 230 valence electrons. The van der Waals surface area contributed by atoms with Crippen molar-refractivity contribution in [2.45, 2.75) is 0 Å². The van der Waals surface area contributed by atoms with E-state index in [-0.39, 0.29) is 0 Å². The molecule has 7 aromatic carbocycles. The van der Waals surface area contributed by atoms with Crippen molar-refractivity contribution < 1.29 is 0 Å². The van der Waals surface area contributed by atoms with Gasteiger partial charge >= 0.3 is 0 Å². The van der Waals surface area contributed by atoms with Crippen molar-refractivity contribution in [3.63, 3.8) is 0 Å². The van der Waals surface area contributed by atoms with Crippen LogP contribution in [0.25, 0.3) is 77.2 Å². The first-order valence-electron chi connectivity index (χ1n) is 16.3. The van der Waals surface area contributed by atoms with Crippen molar-refractivity contribution in [1.29, 1.82) is 15.8 Å². The SMILES string of the molecule is N#Cc1ccc2c(c1)c1ccccc1n2-c1cccc(C#N)c1-c1cc(-c2cccc(-n3c4ccccc4c4ccccc43)c2)ccc1C#N. The van der Waals surface area contributed by atoms with Crippen molar-refractivity contribution >= 4 is 43.6 Å². The number of rotatable bonds is 4. The third-order valence-electron chi connectivity index (χ3n) is 9.63. The maximum Gasteiger partial charge on any atom is 0.0998 e. The van der Waals surface area contributed by atoms with Crippen molar-refractivity contribution in [1.82, 2.24) is 9.13 Å². The van der Waals surface area contributed by atoms with Crippen LogP contribution < -0.4 is 0 Å². The molecule has 5 nitrogen and oxygen atoms in total. The maximum absolute atomic E-state index is 10.5. The molecule has 0 N–H and O–H groups in total. The summed E-state index contributed by atoms with van der Waals surface area (Å²) in [5.41, 5.74) is 10.7. The molecule has 9 aromatic rings. The summed E-state index contributed by atoms with van der Waals surface area (Å²) in [6.07, 6.45) is 0. The summed E-state index contributed by atoms with van der Waals surface area (Å²) in [6.45, 7) is 0. The van der Waals surface area contributed by atoms with Gasteiger partial charge in [0.05, 0.1) is 62.7 Å². The van der Waals surface area contributed by atoms with E-state index in [1.165, 1.54) is 10.8 Å². The van der Waals surface area contributed by atoms with Crippen LogP contribution >= 0.6 is 0 Å². The fraction of sp³-hybridized carbons (Fsp3) is 0. The third-order valence-corrected chi connectivity index (χ3v) is 9.63. The monoisotopic (exact) mass is 635 g/mol. The Labute approximate surface area is 287 Å². The Balaban J connectivity index is 1.27. The van der Waals surface area contributed by atoms with Crippen LogP contribution in [0.3, 0.4) is 0 Å². The van der Waals surface area contributed by atoms with Gasteiger partial charge in [-0.3, -0.25) is 0 Å². The second-order valence-electron chi connectivity index (χ2n) is 12.3. The Morgan fingerprint density at radius 1 is 0.400 bits per heavy atom. The molecule has 0 radical (unpaired) electrons. The smallest absolute Gasteiger partial charge is 0.0998 e. The minimum Gasteiger partial charge on any atom is -0.309 e.